The van der Waals surface area contributed by atoms with Crippen molar-refractivity contribution in [1.29, 1.82) is 0 Å². The van der Waals surface area contributed by atoms with E-state index in [0.717, 1.165) is 25.0 Å². The lowest BCUT2D eigenvalue weighted by atomic mass is 9.85. The summed E-state index contributed by atoms with van der Waals surface area (Å²) in [6.45, 7) is 5.48. The second-order valence-electron chi connectivity index (χ2n) is 9.09. The molecule has 3 atom stereocenters. The average Bonchev–Trinajstić information content (AvgIpc) is 3.42. The number of nitrogens with zero attached hydrogens (tertiary/aromatic N) is 2. The Bertz CT molecular complexity index is 919. The van der Waals surface area contributed by atoms with Crippen molar-refractivity contribution in [2.45, 2.75) is 64.1 Å². The van der Waals surface area contributed by atoms with Crippen LogP contribution in [0.3, 0.4) is 0 Å². The maximum atomic E-state index is 13.7. The third-order valence-electron chi connectivity index (χ3n) is 6.93. The van der Waals surface area contributed by atoms with Crippen LogP contribution in [-0.2, 0) is 16.1 Å². The van der Waals surface area contributed by atoms with Crippen LogP contribution >= 0.6 is 0 Å². The number of methoxy groups -OCH3 is 1. The molecule has 7 heteroatoms. The number of amides is 2. The maximum Gasteiger partial charge on any atom is 0.271 e. The van der Waals surface area contributed by atoms with E-state index >= 15 is 0 Å². The summed E-state index contributed by atoms with van der Waals surface area (Å²) in [5, 5.41) is 3.30. The van der Waals surface area contributed by atoms with Crippen LogP contribution in [0.25, 0.3) is 11.5 Å². The van der Waals surface area contributed by atoms with E-state index in [2.05, 4.69) is 12.2 Å². The minimum absolute atomic E-state index is 0.0817. The molecule has 0 aromatic carbocycles. The Labute approximate surface area is 183 Å². The summed E-state index contributed by atoms with van der Waals surface area (Å²) in [6, 6.07) is 7.58. The van der Waals surface area contributed by atoms with Gasteiger partial charge in [0.05, 0.1) is 18.5 Å². The fourth-order valence-electron chi connectivity index (χ4n) is 4.98. The van der Waals surface area contributed by atoms with Crippen LogP contribution in [0.4, 0.5) is 0 Å². The van der Waals surface area contributed by atoms with E-state index in [0.29, 0.717) is 43.5 Å². The van der Waals surface area contributed by atoms with Gasteiger partial charge in [0.1, 0.15) is 17.0 Å². The Kier molecular flexibility index (Phi) is 6.23. The Morgan fingerprint density at radius 2 is 2.03 bits per heavy atom. The number of aromatic nitrogens is 1. The van der Waals surface area contributed by atoms with E-state index in [-0.39, 0.29) is 17.9 Å². The highest BCUT2D eigenvalue weighted by Gasteiger charge is 2.48. The highest BCUT2D eigenvalue weighted by molar-refractivity contribution is 6.00. The summed E-state index contributed by atoms with van der Waals surface area (Å²) in [5.41, 5.74) is 0.408. The molecular formula is C24H33N3O4. The van der Waals surface area contributed by atoms with Gasteiger partial charge in [0, 0.05) is 26.3 Å². The quantitative estimate of drug-likeness (QED) is 0.684. The lowest BCUT2D eigenvalue weighted by Gasteiger charge is -2.45. The predicted molar refractivity (Wildman–Crippen MR) is 118 cm³/mol. The molecule has 2 aromatic heterocycles. The monoisotopic (exact) mass is 427 g/mol. The van der Waals surface area contributed by atoms with Crippen molar-refractivity contribution in [2.24, 2.45) is 5.92 Å². The molecule has 1 aliphatic heterocycles. The van der Waals surface area contributed by atoms with E-state index in [1.165, 1.54) is 6.42 Å². The van der Waals surface area contributed by atoms with E-state index in [1.807, 2.05) is 35.8 Å². The van der Waals surface area contributed by atoms with Gasteiger partial charge < -0.3 is 23.9 Å². The smallest absolute Gasteiger partial charge is 0.271 e. The third kappa shape index (κ3) is 4.03. The summed E-state index contributed by atoms with van der Waals surface area (Å²) in [7, 11) is 1.65. The molecule has 2 aliphatic rings. The number of nitrogens with one attached hydrogen (secondary N) is 1. The molecule has 1 fully saturated rings. The fraction of sp³-hybridized carbons (Fsp3) is 0.583. The maximum absolute atomic E-state index is 13.7. The summed E-state index contributed by atoms with van der Waals surface area (Å²) in [4.78, 5) is 28.9. The first-order chi connectivity index (χ1) is 15.0. The number of hydrogen-bond acceptors (Lipinski definition) is 4. The molecule has 7 nitrogen and oxygen atoms in total. The van der Waals surface area contributed by atoms with Crippen LogP contribution in [0.5, 0.6) is 0 Å². The molecule has 0 bridgehead atoms. The second-order valence-corrected chi connectivity index (χ2v) is 9.09. The number of fused-ring (bicyclic) bond motifs is 1. The normalized spacial score (nSPS) is 26.0. The molecule has 3 heterocycles. The SMILES string of the molecule is COCCCN1C(=O)c2ccc(-c3ccco3)n2C[C@]1(C)C(=O)N[C@@H]1CCCC[C@H]1C. The third-order valence-corrected chi connectivity index (χ3v) is 6.93. The zero-order valence-corrected chi connectivity index (χ0v) is 18.7. The molecule has 0 spiro atoms. The molecule has 0 saturated heterocycles. The summed E-state index contributed by atoms with van der Waals surface area (Å²) in [5.74, 6) is 0.926. The minimum Gasteiger partial charge on any atom is -0.463 e. The van der Waals surface area contributed by atoms with Gasteiger partial charge in [-0.25, -0.2) is 0 Å². The summed E-state index contributed by atoms with van der Waals surface area (Å²) in [6.07, 6.45) is 6.76. The highest BCUT2D eigenvalue weighted by atomic mass is 16.5. The zero-order chi connectivity index (χ0) is 22.0. The Balaban J connectivity index is 1.66. The highest BCUT2D eigenvalue weighted by Crippen LogP contribution is 2.34. The molecule has 0 unspecified atom stereocenters. The van der Waals surface area contributed by atoms with Crippen LogP contribution in [0.2, 0.25) is 0 Å². The van der Waals surface area contributed by atoms with Crippen LogP contribution in [0, 0.1) is 5.92 Å². The molecule has 0 radical (unpaired) electrons. The number of ether oxygens (including phenoxy) is 1. The average molecular weight is 428 g/mol. The van der Waals surface area contributed by atoms with Crippen LogP contribution in [-0.4, -0.2) is 53.1 Å². The van der Waals surface area contributed by atoms with Crippen LogP contribution in [0.15, 0.2) is 34.9 Å². The molecule has 168 valence electrons. The van der Waals surface area contributed by atoms with Crippen molar-refractivity contribution >= 4 is 11.8 Å². The van der Waals surface area contributed by atoms with Crippen molar-refractivity contribution in [3.05, 3.63) is 36.2 Å². The molecule has 1 saturated carbocycles. The van der Waals surface area contributed by atoms with Gasteiger partial charge in [0.2, 0.25) is 5.91 Å². The van der Waals surface area contributed by atoms with Gasteiger partial charge >= 0.3 is 0 Å². The molecule has 31 heavy (non-hydrogen) atoms. The zero-order valence-electron chi connectivity index (χ0n) is 18.7. The molecule has 2 amide bonds. The Morgan fingerprint density at radius 3 is 2.74 bits per heavy atom. The van der Waals surface area contributed by atoms with Gasteiger partial charge in [-0.2, -0.15) is 0 Å². The van der Waals surface area contributed by atoms with Crippen molar-refractivity contribution in [1.82, 2.24) is 14.8 Å². The number of furan rings is 1. The van der Waals surface area contributed by atoms with Gasteiger partial charge in [-0.1, -0.05) is 19.8 Å². The van der Waals surface area contributed by atoms with Crippen LogP contribution < -0.4 is 5.32 Å². The second kappa shape index (κ2) is 8.91. The summed E-state index contributed by atoms with van der Waals surface area (Å²) >= 11 is 0. The molecular weight excluding hydrogens is 394 g/mol. The largest absolute Gasteiger partial charge is 0.463 e. The molecule has 1 N–H and O–H groups in total. The van der Waals surface area contributed by atoms with Crippen molar-refractivity contribution < 1.29 is 18.7 Å². The fourth-order valence-corrected chi connectivity index (χ4v) is 4.98. The first kappa shape index (κ1) is 21.7. The number of rotatable bonds is 7. The van der Waals surface area contributed by atoms with E-state index in [4.69, 9.17) is 9.15 Å². The Hall–Kier alpha value is -2.54. The van der Waals surface area contributed by atoms with Crippen molar-refractivity contribution in [3.63, 3.8) is 0 Å². The molecule has 1 aliphatic carbocycles. The Morgan fingerprint density at radius 1 is 1.26 bits per heavy atom. The summed E-state index contributed by atoms with van der Waals surface area (Å²) < 4.78 is 12.7. The molecule has 2 aromatic rings. The van der Waals surface area contributed by atoms with E-state index < -0.39 is 5.54 Å². The van der Waals surface area contributed by atoms with E-state index in [1.54, 1.807) is 18.3 Å². The number of carbonyl (C=O) groups is 2. The van der Waals surface area contributed by atoms with Gasteiger partial charge in [0.25, 0.3) is 5.91 Å². The predicted octanol–water partition coefficient (Wildman–Crippen LogP) is 3.69. The number of hydrogen-bond donors (Lipinski definition) is 1. The van der Waals surface area contributed by atoms with Crippen molar-refractivity contribution in [3.8, 4) is 11.5 Å². The standard InChI is InChI=1S/C24H33N3O4/c1-17-8-4-5-9-18(17)25-23(29)24(2)16-26-19(21-10-6-15-31-21)11-12-20(26)22(28)27(24)13-7-14-30-3/h6,10-12,15,17-18H,4-5,7-9,13-14,16H2,1-3H3,(H,25,29)/t17-,18-,24-/m1/s1. The first-order valence-electron chi connectivity index (χ1n) is 11.3. The van der Waals surface area contributed by atoms with Gasteiger partial charge in [0.15, 0.2) is 0 Å². The first-order valence-corrected chi connectivity index (χ1v) is 11.3. The van der Waals surface area contributed by atoms with Gasteiger partial charge in [-0.3, -0.25) is 9.59 Å². The van der Waals surface area contributed by atoms with Crippen molar-refractivity contribution in [2.75, 3.05) is 20.3 Å². The lowest BCUT2D eigenvalue weighted by Crippen LogP contribution is -2.65. The van der Waals surface area contributed by atoms with E-state index in [9.17, 15) is 9.59 Å². The lowest BCUT2D eigenvalue weighted by molar-refractivity contribution is -0.134. The molecule has 4 rings (SSSR count). The minimum atomic E-state index is -0.991. The van der Waals surface area contributed by atoms with Crippen LogP contribution in [0.1, 0.15) is 56.4 Å². The van der Waals surface area contributed by atoms with Gasteiger partial charge in [-0.05, 0) is 56.4 Å². The number of carbonyl (C=O) groups excluding carboxylic acids is 2. The topological polar surface area (TPSA) is 76.7 Å². The van der Waals surface area contributed by atoms with Gasteiger partial charge in [-0.15, -0.1) is 0 Å².